The van der Waals surface area contributed by atoms with Crippen LogP contribution in [-0.4, -0.2) is 32.4 Å². The van der Waals surface area contributed by atoms with Crippen LogP contribution in [0.4, 0.5) is 19.1 Å². The van der Waals surface area contributed by atoms with E-state index in [1.54, 1.807) is 6.92 Å². The standard InChI is InChI=1S/C19H22F3N7/c1-10(24-7-12-4-5-13-8-26-29-16(12)13)15(6-23)27-18-25-9-14(19(20,21)22)17(28-18)11-2-3-11/h6,8-9,11-12H,2-5,7,23H2,1H3,(H,26,29)(H,25,27,28)/b15-6+,24-10-/t12-/m1/s1. The number of H-pyrrole nitrogens is 1. The third-order valence-electron chi connectivity index (χ3n) is 5.36. The Morgan fingerprint density at radius 1 is 1.34 bits per heavy atom. The molecule has 2 heterocycles. The van der Waals surface area contributed by atoms with E-state index in [-0.39, 0.29) is 23.5 Å². The van der Waals surface area contributed by atoms with Crippen LogP contribution in [0.15, 0.2) is 29.3 Å². The number of rotatable bonds is 6. The first-order valence-electron chi connectivity index (χ1n) is 9.53. The van der Waals surface area contributed by atoms with E-state index >= 15 is 0 Å². The van der Waals surface area contributed by atoms with Crippen LogP contribution in [0.3, 0.4) is 0 Å². The Morgan fingerprint density at radius 2 is 2.14 bits per heavy atom. The number of nitrogens with two attached hydrogens (primary N) is 1. The molecule has 0 bridgehead atoms. The van der Waals surface area contributed by atoms with Gasteiger partial charge in [-0.2, -0.15) is 18.3 Å². The smallest absolute Gasteiger partial charge is 0.403 e. The van der Waals surface area contributed by atoms with E-state index in [0.717, 1.165) is 24.7 Å². The summed E-state index contributed by atoms with van der Waals surface area (Å²) in [6.07, 6.45) is 2.93. The number of halogens is 3. The number of aryl methyl sites for hydroxylation is 1. The number of aliphatic imine (C=N–C) groups is 1. The fourth-order valence-electron chi connectivity index (χ4n) is 3.58. The molecule has 154 valence electrons. The molecule has 2 aliphatic carbocycles. The highest BCUT2D eigenvalue weighted by molar-refractivity contribution is 6.00. The van der Waals surface area contributed by atoms with Crippen LogP contribution in [0.25, 0.3) is 0 Å². The molecule has 4 rings (SSSR count). The van der Waals surface area contributed by atoms with Crippen LogP contribution >= 0.6 is 0 Å². The van der Waals surface area contributed by atoms with Gasteiger partial charge in [0.25, 0.3) is 0 Å². The number of hydrogen-bond donors (Lipinski definition) is 3. The number of allylic oxidation sites excluding steroid dienone is 1. The van der Waals surface area contributed by atoms with Crippen LogP contribution in [0.1, 0.15) is 60.5 Å². The Hall–Kier alpha value is -2.91. The first-order chi connectivity index (χ1) is 13.9. The van der Waals surface area contributed by atoms with Crippen molar-refractivity contribution in [3.63, 3.8) is 0 Å². The summed E-state index contributed by atoms with van der Waals surface area (Å²) in [5.74, 6) is 0.189. The molecule has 10 heteroatoms. The molecule has 29 heavy (non-hydrogen) atoms. The van der Waals surface area contributed by atoms with E-state index < -0.39 is 11.7 Å². The van der Waals surface area contributed by atoms with Gasteiger partial charge in [0, 0.05) is 36.5 Å². The van der Waals surface area contributed by atoms with Crippen molar-refractivity contribution < 1.29 is 13.2 Å². The molecule has 2 aromatic rings. The number of aromatic amines is 1. The molecule has 1 saturated carbocycles. The summed E-state index contributed by atoms with van der Waals surface area (Å²) in [5, 5.41) is 10.0. The second-order valence-electron chi connectivity index (χ2n) is 7.44. The fraction of sp³-hybridized carbons (Fsp3) is 0.474. The Morgan fingerprint density at radius 3 is 2.83 bits per heavy atom. The van der Waals surface area contributed by atoms with Crippen LogP contribution in [-0.2, 0) is 12.6 Å². The van der Waals surface area contributed by atoms with Gasteiger partial charge in [-0.3, -0.25) is 10.1 Å². The maximum atomic E-state index is 13.2. The van der Waals surface area contributed by atoms with Crippen molar-refractivity contribution in [2.75, 3.05) is 11.9 Å². The highest BCUT2D eigenvalue weighted by atomic mass is 19.4. The summed E-state index contributed by atoms with van der Waals surface area (Å²) in [6.45, 7) is 2.36. The molecule has 2 aromatic heterocycles. The van der Waals surface area contributed by atoms with Crippen LogP contribution in [0.2, 0.25) is 0 Å². The van der Waals surface area contributed by atoms with Gasteiger partial charge < -0.3 is 11.1 Å². The van der Waals surface area contributed by atoms with Crippen molar-refractivity contribution in [1.82, 2.24) is 20.2 Å². The van der Waals surface area contributed by atoms with Gasteiger partial charge in [-0.15, -0.1) is 0 Å². The average Bonchev–Trinajstić information content (AvgIpc) is 3.30. The molecule has 0 aliphatic heterocycles. The molecule has 1 atom stereocenters. The lowest BCUT2D eigenvalue weighted by Crippen LogP contribution is -2.17. The van der Waals surface area contributed by atoms with E-state index in [4.69, 9.17) is 5.73 Å². The van der Waals surface area contributed by atoms with Crippen LogP contribution in [0.5, 0.6) is 0 Å². The summed E-state index contributed by atoms with van der Waals surface area (Å²) in [4.78, 5) is 12.6. The van der Waals surface area contributed by atoms with Crippen LogP contribution in [0, 0.1) is 0 Å². The minimum Gasteiger partial charge on any atom is -0.403 e. The van der Waals surface area contributed by atoms with Crippen molar-refractivity contribution in [1.29, 1.82) is 0 Å². The first kappa shape index (κ1) is 19.4. The van der Waals surface area contributed by atoms with Gasteiger partial charge in [-0.05, 0) is 38.2 Å². The SMILES string of the molecule is CC(=N/C[C@H]1CCc2cn[nH]c21)/C(=C\N)Nc1ncc(C(F)(F)F)c(C2CC2)n1. The number of anilines is 1. The zero-order valence-corrected chi connectivity index (χ0v) is 15.9. The number of alkyl halides is 3. The van der Waals surface area contributed by atoms with Crippen molar-refractivity contribution in [2.24, 2.45) is 10.7 Å². The molecule has 4 N–H and O–H groups in total. The molecule has 0 saturated heterocycles. The highest BCUT2D eigenvalue weighted by Crippen LogP contribution is 2.44. The zero-order valence-electron chi connectivity index (χ0n) is 15.9. The molecule has 0 aromatic carbocycles. The number of nitrogens with zero attached hydrogens (tertiary/aromatic N) is 4. The van der Waals surface area contributed by atoms with E-state index in [1.165, 1.54) is 11.8 Å². The topological polar surface area (TPSA) is 105 Å². The summed E-state index contributed by atoms with van der Waals surface area (Å²) in [5.41, 5.74) is 8.43. The molecular weight excluding hydrogens is 383 g/mol. The van der Waals surface area contributed by atoms with Gasteiger partial charge in [-0.1, -0.05) is 0 Å². The van der Waals surface area contributed by atoms with Crippen LogP contribution < -0.4 is 11.1 Å². The molecule has 2 aliphatic rings. The third kappa shape index (κ3) is 4.10. The van der Waals surface area contributed by atoms with Gasteiger partial charge >= 0.3 is 6.18 Å². The average molecular weight is 405 g/mol. The zero-order chi connectivity index (χ0) is 20.6. The van der Waals surface area contributed by atoms with Crippen molar-refractivity contribution >= 4 is 11.7 Å². The lowest BCUT2D eigenvalue weighted by Gasteiger charge is -2.14. The van der Waals surface area contributed by atoms with E-state index in [0.29, 0.717) is 30.8 Å². The second-order valence-corrected chi connectivity index (χ2v) is 7.44. The fourth-order valence-corrected chi connectivity index (χ4v) is 3.58. The second kappa shape index (κ2) is 7.49. The quantitative estimate of drug-likeness (QED) is 0.638. The summed E-state index contributed by atoms with van der Waals surface area (Å²) in [6, 6.07) is 0. The summed E-state index contributed by atoms with van der Waals surface area (Å²) >= 11 is 0. The summed E-state index contributed by atoms with van der Waals surface area (Å²) in [7, 11) is 0. The minimum atomic E-state index is -4.47. The monoisotopic (exact) mass is 405 g/mol. The van der Waals surface area contributed by atoms with Gasteiger partial charge in [0.05, 0.1) is 28.9 Å². The van der Waals surface area contributed by atoms with Crippen molar-refractivity contribution in [3.8, 4) is 0 Å². The van der Waals surface area contributed by atoms with Gasteiger partial charge in [-0.25, -0.2) is 9.97 Å². The molecular formula is C19H22F3N7. The molecule has 0 unspecified atom stereocenters. The predicted octanol–water partition coefficient (Wildman–Crippen LogP) is 3.50. The van der Waals surface area contributed by atoms with Gasteiger partial charge in [0.1, 0.15) is 0 Å². The van der Waals surface area contributed by atoms with Crippen molar-refractivity contribution in [3.05, 3.63) is 46.8 Å². The maximum absolute atomic E-state index is 13.2. The molecule has 1 fully saturated rings. The number of fused-ring (bicyclic) bond motifs is 1. The largest absolute Gasteiger partial charge is 0.419 e. The summed E-state index contributed by atoms with van der Waals surface area (Å²) < 4.78 is 39.6. The first-order valence-corrected chi connectivity index (χ1v) is 9.53. The lowest BCUT2D eigenvalue weighted by molar-refractivity contribution is -0.138. The molecule has 0 spiro atoms. The Bertz CT molecular complexity index is 957. The minimum absolute atomic E-state index is 0.0405. The third-order valence-corrected chi connectivity index (χ3v) is 5.36. The molecule has 7 nitrogen and oxygen atoms in total. The number of hydrogen-bond acceptors (Lipinski definition) is 6. The van der Waals surface area contributed by atoms with Gasteiger partial charge in [0.2, 0.25) is 5.95 Å². The Kier molecular flexibility index (Phi) is 5.01. The van der Waals surface area contributed by atoms with Crippen molar-refractivity contribution in [2.45, 2.75) is 50.6 Å². The highest BCUT2D eigenvalue weighted by Gasteiger charge is 2.40. The Labute approximate surface area is 165 Å². The van der Waals surface area contributed by atoms with E-state index in [2.05, 4.69) is 30.5 Å². The normalized spacial score (nSPS) is 20.1. The van der Waals surface area contributed by atoms with E-state index in [9.17, 15) is 13.2 Å². The maximum Gasteiger partial charge on any atom is 0.419 e. The lowest BCUT2D eigenvalue weighted by atomic mass is 10.1. The van der Waals surface area contributed by atoms with E-state index in [1.807, 2.05) is 6.20 Å². The number of aromatic nitrogens is 4. The van der Waals surface area contributed by atoms with Gasteiger partial charge in [0.15, 0.2) is 0 Å². The molecule has 0 amide bonds. The molecule has 0 radical (unpaired) electrons. The predicted molar refractivity (Wildman–Crippen MR) is 103 cm³/mol. The number of nitrogens with one attached hydrogen (secondary N) is 2. The Balaban J connectivity index is 1.48.